The van der Waals surface area contributed by atoms with Gasteiger partial charge in [0.1, 0.15) is 5.25 Å². The van der Waals surface area contributed by atoms with E-state index >= 15 is 0 Å². The van der Waals surface area contributed by atoms with Crippen LogP contribution in [0.5, 0.6) is 0 Å². The van der Waals surface area contributed by atoms with Gasteiger partial charge >= 0.3 is 5.97 Å². The molecule has 6 nitrogen and oxygen atoms in total. The highest BCUT2D eigenvalue weighted by Crippen LogP contribution is 2.21. The molecule has 0 aliphatic rings. The van der Waals surface area contributed by atoms with E-state index in [9.17, 15) is 9.59 Å². The summed E-state index contributed by atoms with van der Waals surface area (Å²) in [4.78, 5) is 22.7. The van der Waals surface area contributed by atoms with E-state index in [1.807, 2.05) is 27.7 Å². The number of carboxylic acid groups (broad SMARTS) is 1. The summed E-state index contributed by atoms with van der Waals surface area (Å²) in [5.41, 5.74) is 0.763. The summed E-state index contributed by atoms with van der Waals surface area (Å²) in [5.74, 6) is -0.671. The van der Waals surface area contributed by atoms with E-state index in [-0.39, 0.29) is 29.4 Å². The maximum atomic E-state index is 11.7. The molecule has 0 aromatic carbocycles. The highest BCUT2D eigenvalue weighted by atomic mass is 32.2. The molecule has 2 N–H and O–H groups in total. The number of rotatable bonds is 7. The van der Waals surface area contributed by atoms with Gasteiger partial charge in [0.05, 0.1) is 11.4 Å². The standard InChI is InChI=1S/C13H20N2O4S/c1-7(2)9-5-11(19-15-9)14-10(16)6-20-12(8(3)4)13(17)18/h5,7-8,12H,6H2,1-4H3,(H,14,16)(H,17,18). The summed E-state index contributed by atoms with van der Waals surface area (Å²) in [7, 11) is 0. The zero-order valence-corrected chi connectivity index (χ0v) is 12.9. The molecule has 0 aliphatic carbocycles. The van der Waals surface area contributed by atoms with Crippen LogP contribution >= 0.6 is 11.8 Å². The van der Waals surface area contributed by atoms with Gasteiger partial charge in [-0.1, -0.05) is 32.9 Å². The number of amides is 1. The van der Waals surface area contributed by atoms with E-state index in [1.54, 1.807) is 6.07 Å². The quantitative estimate of drug-likeness (QED) is 0.804. The van der Waals surface area contributed by atoms with Gasteiger partial charge in [-0.05, 0) is 11.8 Å². The largest absolute Gasteiger partial charge is 0.480 e. The van der Waals surface area contributed by atoms with Crippen molar-refractivity contribution in [3.8, 4) is 0 Å². The minimum Gasteiger partial charge on any atom is -0.480 e. The van der Waals surface area contributed by atoms with Crippen LogP contribution in [-0.4, -0.2) is 33.1 Å². The summed E-state index contributed by atoms with van der Waals surface area (Å²) in [6.45, 7) is 7.57. The molecule has 1 rings (SSSR count). The van der Waals surface area contributed by atoms with Crippen LogP contribution in [-0.2, 0) is 9.59 Å². The normalized spacial score (nSPS) is 12.7. The van der Waals surface area contributed by atoms with Crippen LogP contribution in [0.15, 0.2) is 10.6 Å². The maximum absolute atomic E-state index is 11.7. The first-order chi connectivity index (χ1) is 9.31. The fourth-order valence-corrected chi connectivity index (χ4v) is 2.44. The van der Waals surface area contributed by atoms with E-state index in [1.165, 1.54) is 0 Å². The molecule has 1 atom stereocenters. The highest BCUT2D eigenvalue weighted by molar-refractivity contribution is 8.01. The minimum absolute atomic E-state index is 0.0388. The number of carbonyl (C=O) groups excluding carboxylic acids is 1. The van der Waals surface area contributed by atoms with Crippen molar-refractivity contribution in [3.63, 3.8) is 0 Å². The lowest BCUT2D eigenvalue weighted by atomic mass is 10.1. The predicted molar refractivity (Wildman–Crippen MR) is 77.9 cm³/mol. The number of carbonyl (C=O) groups is 2. The van der Waals surface area contributed by atoms with Crippen molar-refractivity contribution >= 4 is 29.5 Å². The molecule has 0 fully saturated rings. The summed E-state index contributed by atoms with van der Waals surface area (Å²) >= 11 is 1.10. The molecule has 1 aromatic rings. The number of carboxylic acids is 1. The molecule has 7 heteroatoms. The highest BCUT2D eigenvalue weighted by Gasteiger charge is 2.23. The number of aromatic nitrogens is 1. The molecule has 0 saturated carbocycles. The monoisotopic (exact) mass is 300 g/mol. The number of anilines is 1. The fraction of sp³-hybridized carbons (Fsp3) is 0.615. The molecule has 0 aliphatic heterocycles. The average Bonchev–Trinajstić information content (AvgIpc) is 2.76. The first kappa shape index (κ1) is 16.6. The van der Waals surface area contributed by atoms with Gasteiger partial charge in [-0.3, -0.25) is 14.9 Å². The van der Waals surface area contributed by atoms with Gasteiger partial charge in [-0.2, -0.15) is 0 Å². The van der Waals surface area contributed by atoms with Gasteiger partial charge in [0, 0.05) is 6.07 Å². The second-order valence-electron chi connectivity index (χ2n) is 5.13. The predicted octanol–water partition coefficient (Wildman–Crippen LogP) is 2.58. The summed E-state index contributed by atoms with van der Waals surface area (Å²) in [6.07, 6.45) is 0. The van der Waals surface area contributed by atoms with E-state index < -0.39 is 11.2 Å². The lowest BCUT2D eigenvalue weighted by molar-refractivity contribution is -0.137. The second kappa shape index (κ2) is 7.33. The Kier molecular flexibility index (Phi) is 6.06. The Morgan fingerprint density at radius 2 is 2.05 bits per heavy atom. The third kappa shape index (κ3) is 4.88. The van der Waals surface area contributed by atoms with Crippen LogP contribution in [0.25, 0.3) is 0 Å². The lowest BCUT2D eigenvalue weighted by Crippen LogP contribution is -2.25. The zero-order valence-electron chi connectivity index (χ0n) is 12.0. The number of hydrogen-bond acceptors (Lipinski definition) is 5. The van der Waals surface area contributed by atoms with E-state index in [0.29, 0.717) is 0 Å². The summed E-state index contributed by atoms with van der Waals surface area (Å²) < 4.78 is 4.99. The number of hydrogen-bond donors (Lipinski definition) is 2. The minimum atomic E-state index is -0.903. The van der Waals surface area contributed by atoms with Crippen LogP contribution in [0.4, 0.5) is 5.88 Å². The number of thioether (sulfide) groups is 1. The Hall–Kier alpha value is -1.50. The molecule has 1 amide bonds. The molecule has 1 heterocycles. The first-order valence-electron chi connectivity index (χ1n) is 6.42. The smallest absolute Gasteiger partial charge is 0.316 e. The van der Waals surface area contributed by atoms with Crippen LogP contribution in [0.3, 0.4) is 0 Å². The van der Waals surface area contributed by atoms with Gasteiger partial charge in [0.15, 0.2) is 0 Å². The van der Waals surface area contributed by atoms with Crippen molar-refractivity contribution in [2.45, 2.75) is 38.9 Å². The van der Waals surface area contributed by atoms with Crippen molar-refractivity contribution in [3.05, 3.63) is 11.8 Å². The molecular formula is C13H20N2O4S. The van der Waals surface area contributed by atoms with Crippen molar-refractivity contribution < 1.29 is 19.2 Å². The van der Waals surface area contributed by atoms with Gasteiger partial charge in [0.25, 0.3) is 0 Å². The van der Waals surface area contributed by atoms with Gasteiger partial charge < -0.3 is 9.63 Å². The van der Waals surface area contributed by atoms with Crippen LogP contribution in [0, 0.1) is 5.92 Å². The van der Waals surface area contributed by atoms with Crippen molar-refractivity contribution in [1.29, 1.82) is 0 Å². The number of aliphatic carboxylic acids is 1. The van der Waals surface area contributed by atoms with Crippen LogP contribution < -0.4 is 5.32 Å². The molecule has 0 spiro atoms. The molecule has 20 heavy (non-hydrogen) atoms. The van der Waals surface area contributed by atoms with E-state index in [4.69, 9.17) is 9.63 Å². The SMILES string of the molecule is CC(C)c1cc(NC(=O)CSC(C(=O)O)C(C)C)on1. The summed E-state index contributed by atoms with van der Waals surface area (Å²) in [6, 6.07) is 1.67. The average molecular weight is 300 g/mol. The molecule has 1 unspecified atom stereocenters. The Morgan fingerprint density at radius 1 is 1.40 bits per heavy atom. The van der Waals surface area contributed by atoms with Gasteiger partial charge in [-0.25, -0.2) is 0 Å². The summed E-state index contributed by atoms with van der Waals surface area (Å²) in [5, 5.41) is 14.8. The molecule has 0 radical (unpaired) electrons. The van der Waals surface area contributed by atoms with Crippen molar-refractivity contribution in [2.24, 2.45) is 5.92 Å². The van der Waals surface area contributed by atoms with Crippen molar-refractivity contribution in [1.82, 2.24) is 5.16 Å². The Bertz CT molecular complexity index is 471. The van der Waals surface area contributed by atoms with Gasteiger partial charge in [0.2, 0.25) is 11.8 Å². The number of nitrogens with one attached hydrogen (secondary N) is 1. The van der Waals surface area contributed by atoms with E-state index in [0.717, 1.165) is 17.5 Å². The van der Waals surface area contributed by atoms with Crippen LogP contribution in [0.1, 0.15) is 39.3 Å². The van der Waals surface area contributed by atoms with Gasteiger partial charge in [-0.15, -0.1) is 11.8 Å². The third-order valence-corrected chi connectivity index (χ3v) is 4.16. The molecule has 0 saturated heterocycles. The molecule has 1 aromatic heterocycles. The van der Waals surface area contributed by atoms with E-state index in [2.05, 4.69) is 10.5 Å². The van der Waals surface area contributed by atoms with Crippen molar-refractivity contribution in [2.75, 3.05) is 11.1 Å². The molecular weight excluding hydrogens is 280 g/mol. The van der Waals surface area contributed by atoms with Crippen LogP contribution in [0.2, 0.25) is 0 Å². The Balaban J connectivity index is 2.48. The topological polar surface area (TPSA) is 92.4 Å². The second-order valence-corrected chi connectivity index (χ2v) is 6.26. The number of nitrogens with zero attached hydrogens (tertiary/aromatic N) is 1. The maximum Gasteiger partial charge on any atom is 0.316 e. The third-order valence-electron chi connectivity index (χ3n) is 2.63. The molecule has 112 valence electrons. The first-order valence-corrected chi connectivity index (χ1v) is 7.47. The Morgan fingerprint density at radius 3 is 2.50 bits per heavy atom. The molecule has 0 bridgehead atoms. The lowest BCUT2D eigenvalue weighted by Gasteiger charge is -2.14. The zero-order chi connectivity index (χ0) is 15.3. The fourth-order valence-electron chi connectivity index (χ4n) is 1.51. The Labute approximate surface area is 122 Å².